The fraction of sp³-hybridized carbons (Fsp3) is 0.227. The lowest BCUT2D eigenvalue weighted by molar-refractivity contribution is -0.384. The number of carbonyl (C=O) groups excluding carboxylic acids is 2. The first-order valence-corrected chi connectivity index (χ1v) is 9.59. The molecule has 2 aromatic carbocycles. The number of nitrogens with one attached hydrogen (secondary N) is 1. The molecule has 0 aliphatic heterocycles. The molecule has 9 nitrogen and oxygen atoms in total. The highest BCUT2D eigenvalue weighted by molar-refractivity contribution is 5.97. The Morgan fingerprint density at radius 2 is 1.87 bits per heavy atom. The number of ether oxygens (including phenoxy) is 1. The van der Waals surface area contributed by atoms with Crippen molar-refractivity contribution in [3.63, 3.8) is 0 Å². The Hall–Kier alpha value is -4.01. The molecule has 9 heteroatoms. The van der Waals surface area contributed by atoms with Crippen LogP contribution in [0, 0.1) is 24.0 Å². The van der Waals surface area contributed by atoms with E-state index in [-0.39, 0.29) is 17.9 Å². The Morgan fingerprint density at radius 3 is 2.48 bits per heavy atom. The number of nitro groups is 1. The summed E-state index contributed by atoms with van der Waals surface area (Å²) in [5.74, 6) is -1.20. The molecule has 0 saturated heterocycles. The molecule has 160 valence electrons. The SMILES string of the molecule is Cc1cc(C)n(-c2ccc(COC(=O)[C@H](C)NC(=O)c3cccc([N+](=O)[O-])c3)cc2)n1. The molecule has 1 heterocycles. The molecule has 3 aromatic rings. The lowest BCUT2D eigenvalue weighted by Crippen LogP contribution is -2.39. The average molecular weight is 422 g/mol. The van der Waals surface area contributed by atoms with Crippen LogP contribution >= 0.6 is 0 Å². The number of amides is 1. The van der Waals surface area contributed by atoms with Gasteiger partial charge in [0.15, 0.2) is 0 Å². The van der Waals surface area contributed by atoms with E-state index in [4.69, 9.17) is 4.74 Å². The van der Waals surface area contributed by atoms with Crippen LogP contribution in [0.5, 0.6) is 0 Å². The summed E-state index contributed by atoms with van der Waals surface area (Å²) in [5.41, 5.74) is 3.52. The molecular formula is C22H22N4O5. The second-order valence-corrected chi connectivity index (χ2v) is 7.12. The smallest absolute Gasteiger partial charge is 0.328 e. The van der Waals surface area contributed by atoms with Crippen LogP contribution in [0.1, 0.15) is 34.2 Å². The van der Waals surface area contributed by atoms with Gasteiger partial charge in [-0.15, -0.1) is 0 Å². The summed E-state index contributed by atoms with van der Waals surface area (Å²) >= 11 is 0. The molecule has 1 N–H and O–H groups in total. The lowest BCUT2D eigenvalue weighted by Gasteiger charge is -2.14. The number of non-ortho nitro benzene ring substituents is 1. The van der Waals surface area contributed by atoms with Crippen molar-refractivity contribution in [2.45, 2.75) is 33.4 Å². The normalized spacial score (nSPS) is 11.6. The molecule has 3 rings (SSSR count). The quantitative estimate of drug-likeness (QED) is 0.355. The van der Waals surface area contributed by atoms with Crippen LogP contribution in [-0.4, -0.2) is 32.6 Å². The molecule has 0 aliphatic carbocycles. The van der Waals surface area contributed by atoms with Gasteiger partial charge in [-0.2, -0.15) is 5.10 Å². The summed E-state index contributed by atoms with van der Waals surface area (Å²) in [6.07, 6.45) is 0. The van der Waals surface area contributed by atoms with Crippen LogP contribution in [0.25, 0.3) is 5.69 Å². The topological polar surface area (TPSA) is 116 Å². The molecule has 1 amide bonds. The predicted molar refractivity (Wildman–Crippen MR) is 113 cm³/mol. The largest absolute Gasteiger partial charge is 0.459 e. The number of nitrogens with zero attached hydrogens (tertiary/aromatic N) is 3. The first kappa shape index (κ1) is 21.7. The second-order valence-electron chi connectivity index (χ2n) is 7.12. The number of carbonyl (C=O) groups is 2. The Labute approximate surface area is 178 Å². The zero-order chi connectivity index (χ0) is 22.5. The third-order valence-electron chi connectivity index (χ3n) is 4.59. The summed E-state index contributed by atoms with van der Waals surface area (Å²) in [5, 5.41) is 17.8. The Balaban J connectivity index is 1.55. The molecule has 0 unspecified atom stereocenters. The number of rotatable bonds is 7. The van der Waals surface area contributed by atoms with E-state index in [0.717, 1.165) is 28.7 Å². The number of aromatic nitrogens is 2. The van der Waals surface area contributed by atoms with Gasteiger partial charge in [0, 0.05) is 23.4 Å². The number of aryl methyl sites for hydroxylation is 2. The van der Waals surface area contributed by atoms with Gasteiger partial charge < -0.3 is 10.1 Å². The standard InChI is InChI=1S/C22H22N4O5/c1-14-11-15(2)25(24-14)19-9-7-17(8-10-19)13-31-22(28)16(3)23-21(27)18-5-4-6-20(12-18)26(29)30/h4-12,16H,13H2,1-3H3,(H,23,27)/t16-/m0/s1. The van der Waals surface area contributed by atoms with Crippen LogP contribution in [0.15, 0.2) is 54.6 Å². The molecule has 0 fully saturated rings. The van der Waals surface area contributed by atoms with E-state index in [9.17, 15) is 19.7 Å². The average Bonchev–Trinajstić information content (AvgIpc) is 3.10. The second kappa shape index (κ2) is 9.21. The number of hydrogen-bond donors (Lipinski definition) is 1. The zero-order valence-electron chi connectivity index (χ0n) is 17.4. The fourth-order valence-corrected chi connectivity index (χ4v) is 3.00. The van der Waals surface area contributed by atoms with Crippen molar-refractivity contribution in [2.24, 2.45) is 0 Å². The summed E-state index contributed by atoms with van der Waals surface area (Å²) in [6.45, 7) is 5.44. The van der Waals surface area contributed by atoms with Gasteiger partial charge in [0.1, 0.15) is 12.6 Å². The lowest BCUT2D eigenvalue weighted by atomic mass is 10.2. The Kier molecular flexibility index (Phi) is 6.44. The maximum Gasteiger partial charge on any atom is 0.328 e. The molecule has 0 spiro atoms. The number of hydrogen-bond acceptors (Lipinski definition) is 6. The summed E-state index contributed by atoms with van der Waals surface area (Å²) < 4.78 is 7.11. The van der Waals surface area contributed by atoms with Crippen molar-refractivity contribution < 1.29 is 19.2 Å². The molecule has 0 bridgehead atoms. The molecule has 0 aliphatic rings. The third-order valence-corrected chi connectivity index (χ3v) is 4.59. The minimum atomic E-state index is -0.916. The van der Waals surface area contributed by atoms with Crippen molar-refractivity contribution in [1.82, 2.24) is 15.1 Å². The van der Waals surface area contributed by atoms with E-state index in [1.807, 2.05) is 48.9 Å². The molecule has 0 saturated carbocycles. The number of benzene rings is 2. The Bertz CT molecular complexity index is 1120. The molecule has 31 heavy (non-hydrogen) atoms. The highest BCUT2D eigenvalue weighted by Crippen LogP contribution is 2.15. The Morgan fingerprint density at radius 1 is 1.16 bits per heavy atom. The van der Waals surface area contributed by atoms with Crippen molar-refractivity contribution in [1.29, 1.82) is 0 Å². The maximum atomic E-state index is 12.3. The number of esters is 1. The van der Waals surface area contributed by atoms with Gasteiger partial charge >= 0.3 is 5.97 Å². The molecular weight excluding hydrogens is 400 g/mol. The van der Waals surface area contributed by atoms with E-state index in [1.54, 1.807) is 0 Å². The summed E-state index contributed by atoms with van der Waals surface area (Å²) in [4.78, 5) is 34.7. The maximum absolute atomic E-state index is 12.3. The van der Waals surface area contributed by atoms with Crippen molar-refractivity contribution in [3.05, 3.63) is 87.2 Å². The fourth-order valence-electron chi connectivity index (χ4n) is 3.00. The van der Waals surface area contributed by atoms with Crippen molar-refractivity contribution in [3.8, 4) is 5.69 Å². The molecule has 1 aromatic heterocycles. The monoisotopic (exact) mass is 422 g/mol. The minimum absolute atomic E-state index is 0.0489. The van der Waals surface area contributed by atoms with Crippen LogP contribution in [-0.2, 0) is 16.1 Å². The van der Waals surface area contributed by atoms with Crippen LogP contribution < -0.4 is 5.32 Å². The van der Waals surface area contributed by atoms with Crippen molar-refractivity contribution >= 4 is 17.6 Å². The van der Waals surface area contributed by atoms with E-state index in [1.165, 1.54) is 25.1 Å². The highest BCUT2D eigenvalue weighted by atomic mass is 16.6. The summed E-state index contributed by atoms with van der Waals surface area (Å²) in [7, 11) is 0. The predicted octanol–water partition coefficient (Wildman–Crippen LogP) is 3.26. The van der Waals surface area contributed by atoms with Gasteiger partial charge in [0.05, 0.1) is 16.3 Å². The third kappa shape index (κ3) is 5.33. The van der Waals surface area contributed by atoms with Gasteiger partial charge in [0.2, 0.25) is 0 Å². The van der Waals surface area contributed by atoms with Crippen LogP contribution in [0.2, 0.25) is 0 Å². The van der Waals surface area contributed by atoms with Crippen LogP contribution in [0.3, 0.4) is 0 Å². The van der Waals surface area contributed by atoms with E-state index >= 15 is 0 Å². The van der Waals surface area contributed by atoms with Gasteiger partial charge in [-0.05, 0) is 50.6 Å². The van der Waals surface area contributed by atoms with Gasteiger partial charge in [0.25, 0.3) is 11.6 Å². The van der Waals surface area contributed by atoms with Gasteiger partial charge in [-0.1, -0.05) is 18.2 Å². The van der Waals surface area contributed by atoms with E-state index in [2.05, 4.69) is 10.4 Å². The van der Waals surface area contributed by atoms with Gasteiger partial charge in [-0.3, -0.25) is 14.9 Å². The molecule has 1 atom stereocenters. The molecule has 0 radical (unpaired) electrons. The number of nitro benzene ring substituents is 1. The highest BCUT2D eigenvalue weighted by Gasteiger charge is 2.19. The summed E-state index contributed by atoms with van der Waals surface area (Å²) in [6, 6.07) is 13.8. The zero-order valence-corrected chi connectivity index (χ0v) is 17.4. The first-order chi connectivity index (χ1) is 14.7. The van der Waals surface area contributed by atoms with Crippen LogP contribution in [0.4, 0.5) is 5.69 Å². The minimum Gasteiger partial charge on any atom is -0.459 e. The van der Waals surface area contributed by atoms with Gasteiger partial charge in [-0.25, -0.2) is 9.48 Å². The van der Waals surface area contributed by atoms with Crippen molar-refractivity contribution in [2.75, 3.05) is 0 Å². The van der Waals surface area contributed by atoms with E-state index in [0.29, 0.717) is 0 Å². The van der Waals surface area contributed by atoms with E-state index < -0.39 is 22.8 Å². The first-order valence-electron chi connectivity index (χ1n) is 9.59.